The zero-order valence-corrected chi connectivity index (χ0v) is 7.61. The van der Waals surface area contributed by atoms with Gasteiger partial charge in [-0.3, -0.25) is 0 Å². The van der Waals surface area contributed by atoms with Gasteiger partial charge in [-0.15, -0.1) is 0 Å². The number of fused-ring (bicyclic) bond motifs is 2. The number of hydrogen-bond donors (Lipinski definition) is 0. The van der Waals surface area contributed by atoms with Crippen molar-refractivity contribution in [3.05, 3.63) is 11.8 Å². The molecule has 6 heteroatoms. The van der Waals surface area contributed by atoms with Crippen LogP contribution in [0.25, 0.3) is 22.7 Å². The van der Waals surface area contributed by atoms with E-state index in [1.807, 2.05) is 0 Å². The smallest absolute Gasteiger partial charge is 0.268 e. The summed E-state index contributed by atoms with van der Waals surface area (Å²) in [7, 11) is 0. The highest BCUT2D eigenvalue weighted by molar-refractivity contribution is 5.75. The number of oxazole rings is 2. The predicted octanol–water partition coefficient (Wildman–Crippen LogP) is 1.38. The van der Waals surface area contributed by atoms with Gasteiger partial charge >= 0.3 is 0 Å². The minimum absolute atomic E-state index is 0.392. The van der Waals surface area contributed by atoms with Crippen LogP contribution in [-0.2, 0) is 0 Å². The fourth-order valence-electron chi connectivity index (χ4n) is 1.29. The summed E-state index contributed by atoms with van der Waals surface area (Å²) < 4.78 is 10.4. The molecular weight excluding hydrogens is 184 g/mol. The van der Waals surface area contributed by atoms with Crippen molar-refractivity contribution in [2.24, 2.45) is 0 Å². The summed E-state index contributed by atoms with van der Waals surface area (Å²) >= 11 is 0. The first-order valence-electron chi connectivity index (χ1n) is 4.11. The maximum atomic E-state index is 5.22. The average Bonchev–Trinajstić information content (AvgIpc) is 2.59. The van der Waals surface area contributed by atoms with Gasteiger partial charge in [-0.1, -0.05) is 0 Å². The Bertz CT molecular complexity index is 522. The monoisotopic (exact) mass is 190 g/mol. The summed E-state index contributed by atoms with van der Waals surface area (Å²) in [4.78, 5) is 16.3. The van der Waals surface area contributed by atoms with E-state index in [-0.39, 0.29) is 0 Å². The van der Waals surface area contributed by atoms with Gasteiger partial charge in [-0.05, 0) is 0 Å². The molecule has 70 valence electrons. The first kappa shape index (κ1) is 7.43. The van der Waals surface area contributed by atoms with E-state index in [1.165, 1.54) is 0 Å². The maximum absolute atomic E-state index is 5.22. The average molecular weight is 190 g/mol. The van der Waals surface area contributed by atoms with Crippen molar-refractivity contribution in [3.63, 3.8) is 0 Å². The standard InChI is InChI=1S/C8H6N4O2/c1-3-9-5-7(13-3)12-6-8(11-5)14-4(2)10-6/h1-2H3. The molecule has 0 saturated carbocycles. The molecule has 0 aliphatic heterocycles. The Kier molecular flexibility index (Phi) is 1.21. The molecule has 0 N–H and O–H groups in total. The third-order valence-electron chi connectivity index (χ3n) is 1.81. The zero-order chi connectivity index (χ0) is 9.71. The first-order valence-corrected chi connectivity index (χ1v) is 4.11. The van der Waals surface area contributed by atoms with Gasteiger partial charge in [0, 0.05) is 13.8 Å². The van der Waals surface area contributed by atoms with Gasteiger partial charge in [-0.2, -0.15) is 19.9 Å². The van der Waals surface area contributed by atoms with Crippen molar-refractivity contribution in [1.29, 1.82) is 0 Å². The third-order valence-corrected chi connectivity index (χ3v) is 1.81. The number of aryl methyl sites for hydroxylation is 2. The quantitative estimate of drug-likeness (QED) is 0.532. The van der Waals surface area contributed by atoms with Gasteiger partial charge in [-0.25, -0.2) is 0 Å². The van der Waals surface area contributed by atoms with Crippen LogP contribution in [0.4, 0.5) is 0 Å². The van der Waals surface area contributed by atoms with E-state index < -0.39 is 0 Å². The molecule has 0 amide bonds. The number of hydrogen-bond acceptors (Lipinski definition) is 6. The molecule has 0 fully saturated rings. The Morgan fingerprint density at radius 1 is 0.714 bits per heavy atom. The van der Waals surface area contributed by atoms with E-state index in [2.05, 4.69) is 19.9 Å². The SMILES string of the molecule is Cc1nc2nc3oc(C)nc3nc2o1. The van der Waals surface area contributed by atoms with E-state index >= 15 is 0 Å². The molecule has 0 bridgehead atoms. The topological polar surface area (TPSA) is 77.8 Å². The second-order valence-electron chi connectivity index (χ2n) is 2.95. The summed E-state index contributed by atoms with van der Waals surface area (Å²) in [5.41, 5.74) is 1.68. The molecule has 0 aromatic carbocycles. The van der Waals surface area contributed by atoms with Crippen LogP contribution >= 0.6 is 0 Å². The summed E-state index contributed by atoms with van der Waals surface area (Å²) in [5, 5.41) is 0. The second-order valence-corrected chi connectivity index (χ2v) is 2.95. The summed E-state index contributed by atoms with van der Waals surface area (Å²) in [6, 6.07) is 0. The maximum Gasteiger partial charge on any atom is 0.268 e. The molecule has 3 aromatic heterocycles. The van der Waals surface area contributed by atoms with Crippen LogP contribution in [0, 0.1) is 13.8 Å². The molecule has 0 saturated heterocycles. The minimum Gasteiger partial charge on any atom is -0.421 e. The van der Waals surface area contributed by atoms with Crippen molar-refractivity contribution in [3.8, 4) is 0 Å². The molecule has 0 atom stereocenters. The Hall–Kier alpha value is -1.98. The van der Waals surface area contributed by atoms with Crippen molar-refractivity contribution < 1.29 is 8.83 Å². The van der Waals surface area contributed by atoms with E-state index in [1.54, 1.807) is 13.8 Å². The van der Waals surface area contributed by atoms with Crippen LogP contribution in [-0.4, -0.2) is 19.9 Å². The molecule has 0 aliphatic rings. The van der Waals surface area contributed by atoms with Gasteiger partial charge in [0.25, 0.3) is 11.4 Å². The van der Waals surface area contributed by atoms with Crippen LogP contribution in [0.5, 0.6) is 0 Å². The summed E-state index contributed by atoms with van der Waals surface area (Å²) in [6.45, 7) is 3.48. The molecule has 3 aromatic rings. The zero-order valence-electron chi connectivity index (χ0n) is 7.61. The van der Waals surface area contributed by atoms with E-state index in [4.69, 9.17) is 8.83 Å². The lowest BCUT2D eigenvalue weighted by Crippen LogP contribution is -1.82. The molecular formula is C8H6N4O2. The number of aromatic nitrogens is 4. The molecule has 0 radical (unpaired) electrons. The van der Waals surface area contributed by atoms with Gasteiger partial charge in [0.15, 0.2) is 11.8 Å². The summed E-state index contributed by atoms with van der Waals surface area (Å²) in [6.07, 6.45) is 0. The van der Waals surface area contributed by atoms with Crippen LogP contribution in [0.2, 0.25) is 0 Å². The first-order chi connectivity index (χ1) is 6.72. The Morgan fingerprint density at radius 3 is 1.57 bits per heavy atom. The molecule has 6 nitrogen and oxygen atoms in total. The van der Waals surface area contributed by atoms with Crippen molar-refractivity contribution in [2.45, 2.75) is 13.8 Å². The van der Waals surface area contributed by atoms with Gasteiger partial charge in [0.1, 0.15) is 0 Å². The molecule has 14 heavy (non-hydrogen) atoms. The lowest BCUT2D eigenvalue weighted by Gasteiger charge is -1.83. The molecule has 3 heterocycles. The highest BCUT2D eigenvalue weighted by atomic mass is 16.4. The van der Waals surface area contributed by atoms with Crippen LogP contribution in [0.15, 0.2) is 8.83 Å². The van der Waals surface area contributed by atoms with Crippen molar-refractivity contribution in [1.82, 2.24) is 19.9 Å². The Morgan fingerprint density at radius 2 is 1.14 bits per heavy atom. The third kappa shape index (κ3) is 0.905. The van der Waals surface area contributed by atoms with Gasteiger partial charge in [0.05, 0.1) is 0 Å². The fourth-order valence-corrected chi connectivity index (χ4v) is 1.29. The predicted molar refractivity (Wildman–Crippen MR) is 46.6 cm³/mol. The fraction of sp³-hybridized carbons (Fsp3) is 0.250. The van der Waals surface area contributed by atoms with E-state index in [0.29, 0.717) is 34.5 Å². The largest absolute Gasteiger partial charge is 0.421 e. The second kappa shape index (κ2) is 2.28. The minimum atomic E-state index is 0.392. The highest BCUT2D eigenvalue weighted by Gasteiger charge is 2.11. The van der Waals surface area contributed by atoms with Crippen LogP contribution in [0.1, 0.15) is 11.8 Å². The molecule has 0 unspecified atom stereocenters. The number of nitrogens with zero attached hydrogens (tertiary/aromatic N) is 4. The van der Waals surface area contributed by atoms with Crippen LogP contribution in [0.3, 0.4) is 0 Å². The van der Waals surface area contributed by atoms with E-state index in [9.17, 15) is 0 Å². The summed E-state index contributed by atoms with van der Waals surface area (Å²) in [5.74, 6) is 1.06. The molecule has 0 aliphatic carbocycles. The highest BCUT2D eigenvalue weighted by Crippen LogP contribution is 2.16. The lowest BCUT2D eigenvalue weighted by atomic mass is 10.6. The number of rotatable bonds is 0. The molecule has 3 rings (SSSR count). The molecule has 0 spiro atoms. The van der Waals surface area contributed by atoms with Gasteiger partial charge in [0.2, 0.25) is 11.3 Å². The normalized spacial score (nSPS) is 11.6. The van der Waals surface area contributed by atoms with Crippen molar-refractivity contribution >= 4 is 22.7 Å². The Balaban J connectivity index is 2.49. The lowest BCUT2D eigenvalue weighted by molar-refractivity contribution is 0.549. The Labute approximate surface area is 78.0 Å². The van der Waals surface area contributed by atoms with Crippen LogP contribution < -0.4 is 0 Å². The van der Waals surface area contributed by atoms with E-state index in [0.717, 1.165) is 0 Å². The van der Waals surface area contributed by atoms with Gasteiger partial charge < -0.3 is 8.83 Å². The van der Waals surface area contributed by atoms with Crippen molar-refractivity contribution in [2.75, 3.05) is 0 Å².